The molecule has 0 aliphatic heterocycles. The van der Waals surface area contributed by atoms with E-state index in [0.29, 0.717) is 5.69 Å². The number of hydrogen-bond donors (Lipinski definition) is 2. The lowest BCUT2D eigenvalue weighted by Crippen LogP contribution is -2.42. The molecule has 1 rings (SSSR count). The van der Waals surface area contributed by atoms with Gasteiger partial charge in [0, 0.05) is 11.2 Å². The number of halogens is 1. The average molecular weight is 263 g/mol. The van der Waals surface area contributed by atoms with Crippen molar-refractivity contribution in [2.45, 2.75) is 38.8 Å². The maximum atomic E-state index is 13.0. The second-order valence-corrected chi connectivity index (χ2v) is 5.34. The molecule has 1 aromatic carbocycles. The standard InChI is InChI=1S/C14H18FN3O/c1-14(2,3)18-13(19)8-12(9-16)17-11-6-4-5-10(15)7-11/h4-7,12,17H,8H2,1-3H3,(H,18,19). The summed E-state index contributed by atoms with van der Waals surface area (Å²) < 4.78 is 13.0. The maximum Gasteiger partial charge on any atom is 0.223 e. The molecule has 1 atom stereocenters. The van der Waals surface area contributed by atoms with Crippen molar-refractivity contribution in [3.63, 3.8) is 0 Å². The lowest BCUT2D eigenvalue weighted by atomic mass is 10.1. The first-order valence-corrected chi connectivity index (χ1v) is 6.03. The third-order valence-electron chi connectivity index (χ3n) is 2.23. The van der Waals surface area contributed by atoms with Gasteiger partial charge in [0.1, 0.15) is 11.9 Å². The van der Waals surface area contributed by atoms with Gasteiger partial charge >= 0.3 is 0 Å². The summed E-state index contributed by atoms with van der Waals surface area (Å²) in [5, 5.41) is 14.6. The normalized spacial score (nSPS) is 12.4. The summed E-state index contributed by atoms with van der Waals surface area (Å²) in [6.45, 7) is 5.60. The largest absolute Gasteiger partial charge is 0.369 e. The van der Waals surface area contributed by atoms with Crippen molar-refractivity contribution in [3.8, 4) is 6.07 Å². The minimum atomic E-state index is -0.691. The molecule has 0 aliphatic rings. The van der Waals surface area contributed by atoms with Crippen LogP contribution in [0.15, 0.2) is 24.3 Å². The number of anilines is 1. The van der Waals surface area contributed by atoms with Crippen molar-refractivity contribution in [1.82, 2.24) is 5.32 Å². The van der Waals surface area contributed by atoms with Crippen LogP contribution in [0.5, 0.6) is 0 Å². The Kier molecular flexibility index (Phi) is 4.87. The number of carbonyl (C=O) groups excluding carboxylic acids is 1. The molecule has 5 heteroatoms. The molecule has 4 nitrogen and oxygen atoms in total. The summed E-state index contributed by atoms with van der Waals surface area (Å²) in [7, 11) is 0. The Hall–Kier alpha value is -2.09. The Balaban J connectivity index is 2.60. The van der Waals surface area contributed by atoms with Gasteiger partial charge < -0.3 is 10.6 Å². The third kappa shape index (κ3) is 5.87. The monoisotopic (exact) mass is 263 g/mol. The highest BCUT2D eigenvalue weighted by Gasteiger charge is 2.18. The lowest BCUT2D eigenvalue weighted by molar-refractivity contribution is -0.122. The molecule has 2 N–H and O–H groups in total. The summed E-state index contributed by atoms with van der Waals surface area (Å²) in [6.07, 6.45) is 0.0181. The Morgan fingerprint density at radius 2 is 2.16 bits per heavy atom. The molecule has 0 spiro atoms. The number of nitrogens with zero attached hydrogens (tertiary/aromatic N) is 1. The van der Waals surface area contributed by atoms with Crippen LogP contribution < -0.4 is 10.6 Å². The van der Waals surface area contributed by atoms with Crippen LogP contribution >= 0.6 is 0 Å². The number of hydrogen-bond acceptors (Lipinski definition) is 3. The quantitative estimate of drug-likeness (QED) is 0.876. The fraction of sp³-hybridized carbons (Fsp3) is 0.429. The Morgan fingerprint density at radius 3 is 2.68 bits per heavy atom. The van der Waals surface area contributed by atoms with E-state index in [-0.39, 0.29) is 23.7 Å². The SMILES string of the molecule is CC(C)(C)NC(=O)CC(C#N)Nc1cccc(F)c1. The van der Waals surface area contributed by atoms with Gasteiger partial charge in [-0.3, -0.25) is 4.79 Å². The summed E-state index contributed by atoms with van der Waals surface area (Å²) in [5.41, 5.74) is 0.144. The fourth-order valence-electron chi connectivity index (χ4n) is 1.56. The third-order valence-corrected chi connectivity index (χ3v) is 2.23. The number of nitriles is 1. The zero-order valence-electron chi connectivity index (χ0n) is 11.3. The average Bonchev–Trinajstić information content (AvgIpc) is 2.25. The summed E-state index contributed by atoms with van der Waals surface area (Å²) >= 11 is 0. The van der Waals surface area contributed by atoms with Crippen LogP contribution in [0.2, 0.25) is 0 Å². The molecule has 0 aromatic heterocycles. The van der Waals surface area contributed by atoms with Crippen LogP contribution in [0.25, 0.3) is 0 Å². The number of benzene rings is 1. The summed E-state index contributed by atoms with van der Waals surface area (Å²) in [6, 6.07) is 7.09. The summed E-state index contributed by atoms with van der Waals surface area (Å²) in [4.78, 5) is 11.7. The second-order valence-electron chi connectivity index (χ2n) is 5.34. The van der Waals surface area contributed by atoms with E-state index in [9.17, 15) is 9.18 Å². The van der Waals surface area contributed by atoms with Crippen molar-refractivity contribution >= 4 is 11.6 Å². The van der Waals surface area contributed by atoms with E-state index < -0.39 is 6.04 Å². The Morgan fingerprint density at radius 1 is 1.47 bits per heavy atom. The first-order chi connectivity index (χ1) is 8.80. The molecule has 102 valence electrons. The first-order valence-electron chi connectivity index (χ1n) is 6.03. The highest BCUT2D eigenvalue weighted by Crippen LogP contribution is 2.12. The molecule has 0 heterocycles. The molecule has 0 radical (unpaired) electrons. The number of nitrogens with one attached hydrogen (secondary N) is 2. The van der Waals surface area contributed by atoms with Gasteiger partial charge in [-0.05, 0) is 39.0 Å². The van der Waals surface area contributed by atoms with Crippen molar-refractivity contribution in [2.24, 2.45) is 0 Å². The topological polar surface area (TPSA) is 64.9 Å². The predicted octanol–water partition coefficient (Wildman–Crippen LogP) is 2.43. The number of carbonyl (C=O) groups is 1. The lowest BCUT2D eigenvalue weighted by Gasteiger charge is -2.21. The molecule has 0 bridgehead atoms. The predicted molar refractivity (Wildman–Crippen MR) is 71.9 cm³/mol. The molecule has 0 aliphatic carbocycles. The van der Waals surface area contributed by atoms with Crippen LogP contribution in [-0.2, 0) is 4.79 Å². The van der Waals surface area contributed by atoms with Gasteiger partial charge in [-0.1, -0.05) is 6.07 Å². The van der Waals surface area contributed by atoms with Crippen molar-refractivity contribution in [2.75, 3.05) is 5.32 Å². The molecule has 1 unspecified atom stereocenters. The highest BCUT2D eigenvalue weighted by atomic mass is 19.1. The van der Waals surface area contributed by atoms with Crippen LogP contribution in [0, 0.1) is 17.1 Å². The highest BCUT2D eigenvalue weighted by molar-refractivity contribution is 5.78. The summed E-state index contributed by atoms with van der Waals surface area (Å²) in [5.74, 6) is -0.608. The van der Waals surface area contributed by atoms with Gasteiger partial charge in [-0.25, -0.2) is 4.39 Å². The van der Waals surface area contributed by atoms with Crippen LogP contribution in [0.1, 0.15) is 27.2 Å². The van der Waals surface area contributed by atoms with E-state index in [4.69, 9.17) is 5.26 Å². The van der Waals surface area contributed by atoms with E-state index in [0.717, 1.165) is 0 Å². The maximum absolute atomic E-state index is 13.0. The van der Waals surface area contributed by atoms with E-state index in [1.165, 1.54) is 12.1 Å². The van der Waals surface area contributed by atoms with Gasteiger partial charge in [-0.2, -0.15) is 5.26 Å². The zero-order chi connectivity index (χ0) is 14.5. The molecular weight excluding hydrogens is 245 g/mol. The minimum absolute atomic E-state index is 0.0181. The number of amides is 1. The van der Waals surface area contributed by atoms with Crippen LogP contribution in [-0.4, -0.2) is 17.5 Å². The Labute approximate surface area is 112 Å². The molecule has 1 aromatic rings. The first kappa shape index (κ1) is 15.0. The molecule has 0 saturated carbocycles. The van der Waals surface area contributed by atoms with Gasteiger partial charge in [0.2, 0.25) is 5.91 Å². The van der Waals surface area contributed by atoms with Gasteiger partial charge in [-0.15, -0.1) is 0 Å². The smallest absolute Gasteiger partial charge is 0.223 e. The van der Waals surface area contributed by atoms with Gasteiger partial charge in [0.05, 0.1) is 12.5 Å². The molecule has 0 fully saturated rings. The Bertz CT molecular complexity index is 488. The molecule has 1 amide bonds. The second kappa shape index (κ2) is 6.19. The molecular formula is C14H18FN3O. The van der Waals surface area contributed by atoms with Gasteiger partial charge in [0.25, 0.3) is 0 Å². The van der Waals surface area contributed by atoms with Crippen molar-refractivity contribution in [1.29, 1.82) is 5.26 Å². The van der Waals surface area contributed by atoms with E-state index in [2.05, 4.69) is 10.6 Å². The van der Waals surface area contributed by atoms with Crippen LogP contribution in [0.3, 0.4) is 0 Å². The zero-order valence-corrected chi connectivity index (χ0v) is 11.3. The number of rotatable bonds is 4. The molecule has 0 saturated heterocycles. The molecule has 19 heavy (non-hydrogen) atoms. The van der Waals surface area contributed by atoms with Crippen LogP contribution in [0.4, 0.5) is 10.1 Å². The fourth-order valence-corrected chi connectivity index (χ4v) is 1.56. The van der Waals surface area contributed by atoms with Crippen molar-refractivity contribution in [3.05, 3.63) is 30.1 Å². The van der Waals surface area contributed by atoms with E-state index >= 15 is 0 Å². The van der Waals surface area contributed by atoms with E-state index in [1.807, 2.05) is 26.8 Å². The van der Waals surface area contributed by atoms with Gasteiger partial charge in [0.15, 0.2) is 0 Å². The van der Waals surface area contributed by atoms with E-state index in [1.54, 1.807) is 12.1 Å². The van der Waals surface area contributed by atoms with Crippen molar-refractivity contribution < 1.29 is 9.18 Å². The minimum Gasteiger partial charge on any atom is -0.369 e.